The lowest BCUT2D eigenvalue weighted by atomic mass is 10.1. The van der Waals surface area contributed by atoms with Crippen LogP contribution in [0.25, 0.3) is 0 Å². The van der Waals surface area contributed by atoms with Gasteiger partial charge < -0.3 is 5.73 Å². The van der Waals surface area contributed by atoms with Crippen molar-refractivity contribution in [3.05, 3.63) is 29.8 Å². The van der Waals surface area contributed by atoms with Crippen molar-refractivity contribution in [3.8, 4) is 0 Å². The van der Waals surface area contributed by atoms with Crippen molar-refractivity contribution >= 4 is 27.2 Å². The molecule has 0 saturated carbocycles. The predicted octanol–water partition coefficient (Wildman–Crippen LogP) is 2.32. The van der Waals surface area contributed by atoms with Gasteiger partial charge in [-0.2, -0.15) is 4.31 Å². The summed E-state index contributed by atoms with van der Waals surface area (Å²) in [6.07, 6.45) is 1.27. The molecule has 4 nitrogen and oxygen atoms in total. The third-order valence-electron chi connectivity index (χ3n) is 3.30. The Bertz CT molecular complexity index is 553. The van der Waals surface area contributed by atoms with Crippen LogP contribution in [0.15, 0.2) is 29.2 Å². The van der Waals surface area contributed by atoms with Gasteiger partial charge in [0.05, 0.1) is 9.88 Å². The first-order valence-electron chi connectivity index (χ1n) is 6.72. The van der Waals surface area contributed by atoms with E-state index in [0.717, 1.165) is 12.0 Å². The fourth-order valence-corrected chi connectivity index (χ4v) is 3.92. The van der Waals surface area contributed by atoms with E-state index in [4.69, 9.17) is 18.0 Å². The van der Waals surface area contributed by atoms with E-state index in [1.807, 2.05) is 20.8 Å². The van der Waals surface area contributed by atoms with E-state index in [-0.39, 0.29) is 6.04 Å². The van der Waals surface area contributed by atoms with Crippen molar-refractivity contribution in [2.24, 2.45) is 5.73 Å². The Morgan fingerprint density at radius 3 is 2.25 bits per heavy atom. The van der Waals surface area contributed by atoms with Gasteiger partial charge in [-0.1, -0.05) is 38.2 Å². The Morgan fingerprint density at radius 1 is 1.30 bits per heavy atom. The van der Waals surface area contributed by atoms with E-state index >= 15 is 0 Å². The average Bonchev–Trinajstić information content (AvgIpc) is 2.38. The zero-order chi connectivity index (χ0) is 15.3. The third-order valence-corrected chi connectivity index (χ3v) is 5.55. The topological polar surface area (TPSA) is 63.4 Å². The van der Waals surface area contributed by atoms with Gasteiger partial charge in [-0.15, -0.1) is 0 Å². The molecule has 0 bridgehead atoms. The zero-order valence-corrected chi connectivity index (χ0v) is 13.8. The van der Waals surface area contributed by atoms with Crippen LogP contribution >= 0.6 is 12.2 Å². The Labute approximate surface area is 127 Å². The number of thiocarbonyl (C=S) groups is 1. The molecule has 1 rings (SSSR count). The minimum atomic E-state index is -3.44. The first-order valence-corrected chi connectivity index (χ1v) is 8.56. The minimum Gasteiger partial charge on any atom is -0.393 e. The summed E-state index contributed by atoms with van der Waals surface area (Å²) in [5.41, 5.74) is 6.40. The summed E-state index contributed by atoms with van der Waals surface area (Å²) in [5.74, 6) is 0. The van der Waals surface area contributed by atoms with Crippen LogP contribution < -0.4 is 5.73 Å². The molecule has 0 saturated heterocycles. The van der Waals surface area contributed by atoms with Gasteiger partial charge >= 0.3 is 0 Å². The number of sulfonamides is 1. The van der Waals surface area contributed by atoms with E-state index in [1.165, 1.54) is 4.31 Å². The maximum atomic E-state index is 12.6. The monoisotopic (exact) mass is 314 g/mol. The van der Waals surface area contributed by atoms with E-state index in [9.17, 15) is 8.42 Å². The molecule has 1 aromatic rings. The quantitative estimate of drug-likeness (QED) is 0.785. The highest BCUT2D eigenvalue weighted by Crippen LogP contribution is 2.20. The fraction of sp³-hybridized carbons (Fsp3) is 0.500. The van der Waals surface area contributed by atoms with E-state index in [2.05, 4.69) is 0 Å². The molecule has 0 heterocycles. The van der Waals surface area contributed by atoms with Gasteiger partial charge in [0.1, 0.15) is 0 Å². The van der Waals surface area contributed by atoms with Crippen LogP contribution in [0.3, 0.4) is 0 Å². The molecule has 0 radical (unpaired) electrons. The molecule has 0 aliphatic rings. The Hall–Kier alpha value is -0.980. The predicted molar refractivity (Wildman–Crippen MR) is 86.3 cm³/mol. The zero-order valence-electron chi connectivity index (χ0n) is 12.2. The van der Waals surface area contributed by atoms with E-state index < -0.39 is 10.0 Å². The first-order chi connectivity index (χ1) is 9.32. The van der Waals surface area contributed by atoms with Crippen molar-refractivity contribution < 1.29 is 8.42 Å². The van der Waals surface area contributed by atoms with Gasteiger partial charge in [-0.25, -0.2) is 8.42 Å². The molecule has 1 atom stereocenters. The summed E-state index contributed by atoms with van der Waals surface area (Å²) < 4.78 is 26.7. The molecule has 6 heteroatoms. The molecule has 0 aliphatic heterocycles. The summed E-state index contributed by atoms with van der Waals surface area (Å²) in [6, 6.07) is 6.75. The van der Waals surface area contributed by atoms with Gasteiger partial charge in [0, 0.05) is 19.0 Å². The average molecular weight is 314 g/mol. The van der Waals surface area contributed by atoms with Crippen molar-refractivity contribution in [1.82, 2.24) is 4.31 Å². The largest absolute Gasteiger partial charge is 0.393 e. The van der Waals surface area contributed by atoms with E-state index in [0.29, 0.717) is 22.8 Å². The molecule has 1 unspecified atom stereocenters. The number of hydrogen-bond acceptors (Lipinski definition) is 3. The molecular formula is C14H22N2O2S2. The summed E-state index contributed by atoms with van der Waals surface area (Å²) in [5, 5.41) is 0. The van der Waals surface area contributed by atoms with Gasteiger partial charge in [0.2, 0.25) is 10.0 Å². The van der Waals surface area contributed by atoms with Crippen molar-refractivity contribution in [1.29, 1.82) is 0 Å². The molecule has 20 heavy (non-hydrogen) atoms. The maximum Gasteiger partial charge on any atom is 0.243 e. The van der Waals surface area contributed by atoms with Gasteiger partial charge in [-0.3, -0.25) is 0 Å². The number of benzene rings is 1. The Balaban J connectivity index is 3.06. The SMILES string of the molecule is CCC(C)N(CC)S(=O)(=O)c1ccc(CC(N)=S)cc1. The number of nitrogens with two attached hydrogens (primary N) is 1. The molecule has 0 spiro atoms. The first kappa shape index (κ1) is 17.1. The van der Waals surface area contributed by atoms with Crippen molar-refractivity contribution in [2.75, 3.05) is 6.54 Å². The summed E-state index contributed by atoms with van der Waals surface area (Å²) in [6.45, 7) is 6.22. The van der Waals surface area contributed by atoms with Crippen molar-refractivity contribution in [2.45, 2.75) is 44.6 Å². The van der Waals surface area contributed by atoms with Gasteiger partial charge in [-0.05, 0) is 31.0 Å². The Morgan fingerprint density at radius 2 is 1.85 bits per heavy atom. The fourth-order valence-electron chi connectivity index (χ4n) is 2.04. The smallest absolute Gasteiger partial charge is 0.243 e. The summed E-state index contributed by atoms with van der Waals surface area (Å²) in [4.78, 5) is 0.710. The van der Waals surface area contributed by atoms with Crippen molar-refractivity contribution in [3.63, 3.8) is 0 Å². The molecule has 1 aromatic carbocycles. The molecule has 0 amide bonds. The maximum absolute atomic E-state index is 12.6. The number of nitrogens with zero attached hydrogens (tertiary/aromatic N) is 1. The lowest BCUT2D eigenvalue weighted by molar-refractivity contribution is 0.342. The molecule has 0 aromatic heterocycles. The normalized spacial score (nSPS) is 13.4. The molecular weight excluding hydrogens is 292 g/mol. The second-order valence-corrected chi connectivity index (χ2v) is 7.17. The minimum absolute atomic E-state index is 0.0127. The van der Waals surface area contributed by atoms with E-state index in [1.54, 1.807) is 24.3 Å². The van der Waals surface area contributed by atoms with Gasteiger partial charge in [0.25, 0.3) is 0 Å². The van der Waals surface area contributed by atoms with Crippen LogP contribution in [0.1, 0.15) is 32.8 Å². The summed E-state index contributed by atoms with van der Waals surface area (Å²) in [7, 11) is -3.44. The van der Waals surface area contributed by atoms with Gasteiger partial charge in [0.15, 0.2) is 0 Å². The summed E-state index contributed by atoms with van der Waals surface area (Å²) >= 11 is 4.85. The van der Waals surface area contributed by atoms with Crippen LogP contribution in [-0.4, -0.2) is 30.3 Å². The number of hydrogen-bond donors (Lipinski definition) is 1. The van der Waals surface area contributed by atoms with Crippen LogP contribution in [-0.2, 0) is 16.4 Å². The third kappa shape index (κ3) is 4.01. The highest BCUT2D eigenvalue weighted by atomic mass is 32.2. The molecule has 112 valence electrons. The van der Waals surface area contributed by atoms with Crippen LogP contribution in [0.5, 0.6) is 0 Å². The van der Waals surface area contributed by atoms with Crippen LogP contribution in [0.4, 0.5) is 0 Å². The second kappa shape index (κ2) is 7.15. The molecule has 2 N–H and O–H groups in total. The second-order valence-electron chi connectivity index (χ2n) is 4.75. The van der Waals surface area contributed by atoms with Crippen LogP contribution in [0, 0.1) is 0 Å². The number of rotatable bonds is 7. The lowest BCUT2D eigenvalue weighted by Crippen LogP contribution is -2.38. The molecule has 0 fully saturated rings. The highest BCUT2D eigenvalue weighted by Gasteiger charge is 2.26. The van der Waals surface area contributed by atoms with Crippen LogP contribution in [0.2, 0.25) is 0 Å². The Kier molecular flexibility index (Phi) is 6.10. The lowest BCUT2D eigenvalue weighted by Gasteiger charge is -2.26. The molecule has 0 aliphatic carbocycles. The standard InChI is InChI=1S/C14H22N2O2S2/c1-4-11(3)16(5-2)20(17,18)13-8-6-12(7-9-13)10-14(15)19/h6-9,11H,4-5,10H2,1-3H3,(H2,15,19). The highest BCUT2D eigenvalue weighted by molar-refractivity contribution is 7.89.